The van der Waals surface area contributed by atoms with Gasteiger partial charge >= 0.3 is 0 Å². The molecule has 0 unspecified atom stereocenters. The number of aryl methyl sites for hydroxylation is 1. The maximum Gasteiger partial charge on any atom is 0.241 e. The summed E-state index contributed by atoms with van der Waals surface area (Å²) in [6.07, 6.45) is 5.34. The number of benzene rings is 1. The van der Waals surface area contributed by atoms with Gasteiger partial charge in [0, 0.05) is 38.4 Å². The van der Waals surface area contributed by atoms with Crippen LogP contribution in [0.25, 0.3) is 0 Å². The Morgan fingerprint density at radius 3 is 2.54 bits per heavy atom. The SMILES string of the molecule is CC(=O)Nc1ccc(C)c(S(=O)(=O)NCc2ccc(N3CCCCC3)nc2)c1. The molecule has 0 atom stereocenters. The first-order chi connectivity index (χ1) is 13.3. The molecule has 150 valence electrons. The van der Waals surface area contributed by atoms with Crippen molar-refractivity contribution in [3.05, 3.63) is 47.7 Å². The molecule has 1 aliphatic rings. The van der Waals surface area contributed by atoms with Crippen molar-refractivity contribution in [2.45, 2.75) is 44.6 Å². The molecule has 2 heterocycles. The van der Waals surface area contributed by atoms with Crippen LogP contribution in [0.2, 0.25) is 0 Å². The highest BCUT2D eigenvalue weighted by Crippen LogP contribution is 2.21. The maximum atomic E-state index is 12.7. The van der Waals surface area contributed by atoms with Crippen molar-refractivity contribution >= 4 is 27.4 Å². The second kappa shape index (κ2) is 8.70. The number of carbonyl (C=O) groups is 1. The molecular formula is C20H26N4O3S. The molecule has 3 rings (SSSR count). The molecule has 1 fully saturated rings. The van der Waals surface area contributed by atoms with Crippen LogP contribution in [-0.4, -0.2) is 32.4 Å². The standard InChI is InChI=1S/C20H26N4O3S/c1-15-6-8-18(23-16(2)25)12-19(15)28(26,27)22-14-17-7-9-20(21-13-17)24-10-4-3-5-11-24/h6-9,12-13,22H,3-5,10-11,14H2,1-2H3,(H,23,25). The fraction of sp³-hybridized carbons (Fsp3) is 0.400. The second-order valence-corrected chi connectivity index (χ2v) is 8.79. The van der Waals surface area contributed by atoms with Gasteiger partial charge in [0.1, 0.15) is 5.82 Å². The van der Waals surface area contributed by atoms with Crippen LogP contribution in [0, 0.1) is 6.92 Å². The molecule has 1 aliphatic heterocycles. The molecule has 1 saturated heterocycles. The summed E-state index contributed by atoms with van der Waals surface area (Å²) in [6, 6.07) is 8.67. The number of rotatable bonds is 6. The van der Waals surface area contributed by atoms with E-state index in [1.807, 2.05) is 12.1 Å². The Labute approximate surface area is 166 Å². The summed E-state index contributed by atoms with van der Waals surface area (Å²) in [4.78, 5) is 18.1. The van der Waals surface area contributed by atoms with E-state index in [9.17, 15) is 13.2 Å². The lowest BCUT2D eigenvalue weighted by Crippen LogP contribution is -2.30. The number of amides is 1. The van der Waals surface area contributed by atoms with Crippen LogP contribution in [0.3, 0.4) is 0 Å². The predicted octanol–water partition coefficient (Wildman–Crippen LogP) is 2.82. The van der Waals surface area contributed by atoms with Gasteiger partial charge in [-0.05, 0) is 55.5 Å². The lowest BCUT2D eigenvalue weighted by Gasteiger charge is -2.27. The summed E-state index contributed by atoms with van der Waals surface area (Å²) in [6.45, 7) is 5.29. The fourth-order valence-corrected chi connectivity index (χ4v) is 4.54. The van der Waals surface area contributed by atoms with Gasteiger partial charge in [-0.15, -0.1) is 0 Å². The molecule has 0 saturated carbocycles. The van der Waals surface area contributed by atoms with E-state index in [-0.39, 0.29) is 17.3 Å². The number of carbonyl (C=O) groups excluding carboxylic acids is 1. The zero-order valence-corrected chi connectivity index (χ0v) is 17.1. The zero-order chi connectivity index (χ0) is 20.1. The Balaban J connectivity index is 1.68. The van der Waals surface area contributed by atoms with Crippen LogP contribution < -0.4 is 14.9 Å². The molecule has 2 aromatic rings. The Morgan fingerprint density at radius 2 is 1.89 bits per heavy atom. The van der Waals surface area contributed by atoms with Gasteiger partial charge in [0.05, 0.1) is 4.90 Å². The topological polar surface area (TPSA) is 91.4 Å². The van der Waals surface area contributed by atoms with Gasteiger partial charge in [0.25, 0.3) is 0 Å². The van der Waals surface area contributed by atoms with E-state index in [0.29, 0.717) is 11.3 Å². The van der Waals surface area contributed by atoms with Crippen molar-refractivity contribution in [1.29, 1.82) is 0 Å². The molecule has 0 aliphatic carbocycles. The number of sulfonamides is 1. The zero-order valence-electron chi connectivity index (χ0n) is 16.2. The van der Waals surface area contributed by atoms with Gasteiger partial charge < -0.3 is 10.2 Å². The van der Waals surface area contributed by atoms with E-state index in [0.717, 1.165) is 24.5 Å². The van der Waals surface area contributed by atoms with Gasteiger partial charge in [-0.1, -0.05) is 12.1 Å². The van der Waals surface area contributed by atoms with Gasteiger partial charge in [0.15, 0.2) is 0 Å². The van der Waals surface area contributed by atoms with Crippen LogP contribution in [0.5, 0.6) is 0 Å². The second-order valence-electron chi connectivity index (χ2n) is 7.06. The largest absolute Gasteiger partial charge is 0.357 e. The van der Waals surface area contributed by atoms with Gasteiger partial charge in [0.2, 0.25) is 15.9 Å². The van der Waals surface area contributed by atoms with Crippen molar-refractivity contribution in [3.63, 3.8) is 0 Å². The fourth-order valence-electron chi connectivity index (χ4n) is 3.26. The maximum absolute atomic E-state index is 12.7. The highest BCUT2D eigenvalue weighted by molar-refractivity contribution is 7.89. The van der Waals surface area contributed by atoms with Gasteiger partial charge in [-0.2, -0.15) is 0 Å². The average Bonchev–Trinajstić information content (AvgIpc) is 2.68. The first kappa shape index (κ1) is 20.3. The molecule has 8 heteroatoms. The third-order valence-electron chi connectivity index (χ3n) is 4.75. The van der Waals surface area contributed by atoms with Crippen LogP contribution in [-0.2, 0) is 21.4 Å². The third-order valence-corrected chi connectivity index (χ3v) is 6.30. The van der Waals surface area contributed by atoms with Crippen molar-refractivity contribution in [3.8, 4) is 0 Å². The number of pyridine rings is 1. The quantitative estimate of drug-likeness (QED) is 0.775. The van der Waals surface area contributed by atoms with Crippen molar-refractivity contribution < 1.29 is 13.2 Å². The Bertz CT molecular complexity index is 936. The number of piperidine rings is 1. The summed E-state index contributed by atoms with van der Waals surface area (Å²) in [5.74, 6) is 0.685. The molecule has 0 radical (unpaired) electrons. The Hall–Kier alpha value is -2.45. The van der Waals surface area contributed by atoms with E-state index in [2.05, 4.69) is 19.9 Å². The highest BCUT2D eigenvalue weighted by Gasteiger charge is 2.18. The monoisotopic (exact) mass is 402 g/mol. The first-order valence-electron chi connectivity index (χ1n) is 9.43. The minimum atomic E-state index is -3.72. The molecule has 1 aromatic carbocycles. The van der Waals surface area contributed by atoms with Crippen LogP contribution >= 0.6 is 0 Å². The minimum absolute atomic E-state index is 0.150. The van der Waals surface area contributed by atoms with Crippen molar-refractivity contribution in [1.82, 2.24) is 9.71 Å². The summed E-state index contributed by atoms with van der Waals surface area (Å²) >= 11 is 0. The molecule has 2 N–H and O–H groups in total. The summed E-state index contributed by atoms with van der Waals surface area (Å²) in [7, 11) is -3.72. The van der Waals surface area contributed by atoms with Crippen LogP contribution in [0.1, 0.15) is 37.3 Å². The third kappa shape index (κ3) is 5.08. The number of nitrogens with one attached hydrogen (secondary N) is 2. The number of hydrogen-bond acceptors (Lipinski definition) is 5. The summed E-state index contributed by atoms with van der Waals surface area (Å²) in [5, 5.41) is 2.61. The molecule has 1 aromatic heterocycles. The minimum Gasteiger partial charge on any atom is -0.357 e. The normalized spacial score (nSPS) is 14.7. The smallest absolute Gasteiger partial charge is 0.241 e. The molecular weight excluding hydrogens is 376 g/mol. The Morgan fingerprint density at radius 1 is 1.14 bits per heavy atom. The first-order valence-corrected chi connectivity index (χ1v) is 10.9. The van der Waals surface area contributed by atoms with E-state index in [4.69, 9.17) is 0 Å². The average molecular weight is 403 g/mol. The Kier molecular flexibility index (Phi) is 6.31. The lowest BCUT2D eigenvalue weighted by molar-refractivity contribution is -0.114. The lowest BCUT2D eigenvalue weighted by atomic mass is 10.1. The molecule has 1 amide bonds. The molecule has 7 nitrogen and oxygen atoms in total. The van der Waals surface area contributed by atoms with E-state index in [1.165, 1.54) is 32.3 Å². The van der Waals surface area contributed by atoms with Crippen molar-refractivity contribution in [2.75, 3.05) is 23.3 Å². The van der Waals surface area contributed by atoms with E-state index >= 15 is 0 Å². The molecule has 0 bridgehead atoms. The predicted molar refractivity (Wildman–Crippen MR) is 110 cm³/mol. The number of anilines is 2. The molecule has 28 heavy (non-hydrogen) atoms. The van der Waals surface area contributed by atoms with Crippen molar-refractivity contribution in [2.24, 2.45) is 0 Å². The highest BCUT2D eigenvalue weighted by atomic mass is 32.2. The summed E-state index contributed by atoms with van der Waals surface area (Å²) in [5.41, 5.74) is 1.85. The van der Waals surface area contributed by atoms with Crippen LogP contribution in [0.4, 0.5) is 11.5 Å². The van der Waals surface area contributed by atoms with E-state index in [1.54, 1.807) is 25.3 Å². The summed E-state index contributed by atoms with van der Waals surface area (Å²) < 4.78 is 28.1. The van der Waals surface area contributed by atoms with Gasteiger partial charge in [-0.25, -0.2) is 18.1 Å². The van der Waals surface area contributed by atoms with Crippen LogP contribution in [0.15, 0.2) is 41.4 Å². The number of nitrogens with zero attached hydrogens (tertiary/aromatic N) is 2. The van der Waals surface area contributed by atoms with Gasteiger partial charge in [-0.3, -0.25) is 4.79 Å². The number of aromatic nitrogens is 1. The number of hydrogen-bond donors (Lipinski definition) is 2. The molecule has 0 spiro atoms. The van der Waals surface area contributed by atoms with E-state index < -0.39 is 10.0 Å².